The van der Waals surface area contributed by atoms with Crippen LogP contribution in [0.3, 0.4) is 0 Å². The van der Waals surface area contributed by atoms with Crippen molar-refractivity contribution in [2.75, 3.05) is 14.2 Å². The largest absolute Gasteiger partial charge is 0.378 e. The zero-order valence-electron chi connectivity index (χ0n) is 13.0. The summed E-state index contributed by atoms with van der Waals surface area (Å²) in [5, 5.41) is 6.43. The highest BCUT2D eigenvalue weighted by Crippen LogP contribution is 2.35. The van der Waals surface area contributed by atoms with Gasteiger partial charge in [0.25, 0.3) is 5.91 Å². The van der Waals surface area contributed by atoms with Gasteiger partial charge in [0.1, 0.15) is 5.71 Å². The number of aromatic nitrogens is 1. The minimum absolute atomic E-state index is 0.199. The Morgan fingerprint density at radius 3 is 2.70 bits per heavy atom. The number of carbonyl (C=O) groups excluding carboxylic acids is 2. The van der Waals surface area contributed by atoms with E-state index < -0.39 is 11.9 Å². The van der Waals surface area contributed by atoms with Gasteiger partial charge >= 0.3 is 0 Å². The maximum atomic E-state index is 12.6. The number of hydrogen-bond donors (Lipinski definition) is 0. The number of hydrazone groups is 1. The summed E-state index contributed by atoms with van der Waals surface area (Å²) >= 11 is 6.46. The average molecular weight is 334 g/mol. The van der Waals surface area contributed by atoms with E-state index in [-0.39, 0.29) is 18.1 Å². The lowest BCUT2D eigenvalue weighted by molar-refractivity contribution is -0.138. The van der Waals surface area contributed by atoms with Crippen molar-refractivity contribution in [1.29, 1.82) is 0 Å². The Labute approximate surface area is 138 Å². The first-order valence-electron chi connectivity index (χ1n) is 7.10. The van der Waals surface area contributed by atoms with Gasteiger partial charge in [-0.05, 0) is 13.0 Å². The van der Waals surface area contributed by atoms with Crippen LogP contribution in [0.5, 0.6) is 0 Å². The van der Waals surface area contributed by atoms with Crippen molar-refractivity contribution in [3.63, 3.8) is 0 Å². The number of amides is 1. The van der Waals surface area contributed by atoms with Crippen LogP contribution in [0.2, 0.25) is 5.02 Å². The van der Waals surface area contributed by atoms with Gasteiger partial charge in [0.15, 0.2) is 6.04 Å². The molecule has 23 heavy (non-hydrogen) atoms. The molecule has 0 fully saturated rings. The molecule has 7 heteroatoms. The Morgan fingerprint density at radius 1 is 1.30 bits per heavy atom. The summed E-state index contributed by atoms with van der Waals surface area (Å²) in [5.41, 5.74) is 1.61. The first-order chi connectivity index (χ1) is 11.0. The zero-order valence-corrected chi connectivity index (χ0v) is 13.8. The molecule has 2 heterocycles. The van der Waals surface area contributed by atoms with Crippen LogP contribution in [0.15, 0.2) is 29.4 Å². The van der Waals surface area contributed by atoms with Gasteiger partial charge in [-0.3, -0.25) is 9.59 Å². The van der Waals surface area contributed by atoms with Gasteiger partial charge in [0.2, 0.25) is 5.78 Å². The van der Waals surface area contributed by atoms with E-state index in [0.29, 0.717) is 10.7 Å². The van der Waals surface area contributed by atoms with E-state index in [1.165, 1.54) is 12.1 Å². The van der Waals surface area contributed by atoms with Crippen molar-refractivity contribution in [2.24, 2.45) is 5.10 Å². The Hall–Kier alpha value is -2.18. The van der Waals surface area contributed by atoms with Crippen LogP contribution in [0.4, 0.5) is 0 Å². The summed E-state index contributed by atoms with van der Waals surface area (Å²) in [5.74, 6) is -0.724. The van der Waals surface area contributed by atoms with E-state index >= 15 is 0 Å². The smallest absolute Gasteiger partial charge is 0.273 e. The number of rotatable bonds is 3. The van der Waals surface area contributed by atoms with Gasteiger partial charge in [-0.1, -0.05) is 29.8 Å². The lowest BCUT2D eigenvalue weighted by atomic mass is 10.1. The van der Waals surface area contributed by atoms with Crippen LogP contribution in [0, 0.1) is 0 Å². The molecule has 3 rings (SSSR count). The van der Waals surface area contributed by atoms with Crippen molar-refractivity contribution < 1.29 is 14.3 Å². The van der Waals surface area contributed by atoms with E-state index in [9.17, 15) is 9.59 Å². The highest BCUT2D eigenvalue weighted by atomic mass is 35.5. The molecular weight excluding hydrogens is 318 g/mol. The number of Topliss-reactive ketones (excluding diaryl/α,β-unsaturated/α-hetero) is 1. The number of hydrogen-bond acceptors (Lipinski definition) is 4. The predicted octanol–water partition coefficient (Wildman–Crippen LogP) is 2.40. The fourth-order valence-electron chi connectivity index (χ4n) is 2.88. The lowest BCUT2D eigenvalue weighted by Gasteiger charge is -2.27. The SMILES string of the molecule is COCc1c(Cl)c2ccccc2n1C1C(=O)C(C)=NN(C)C1=O. The molecule has 1 aliphatic rings. The number of fused-ring (bicyclic) bond motifs is 1. The Balaban J connectivity index is 2.30. The van der Waals surface area contributed by atoms with E-state index in [0.717, 1.165) is 10.9 Å². The second-order valence-electron chi connectivity index (χ2n) is 5.39. The standard InChI is InChI=1S/C16H16ClN3O3/c1-9-15(21)14(16(22)19(2)18-9)20-11-7-5-4-6-10(11)13(17)12(20)8-23-3/h4-7,14H,8H2,1-3H3. The van der Waals surface area contributed by atoms with E-state index in [1.54, 1.807) is 18.6 Å². The number of likely N-dealkylation sites (N-methyl/N-ethyl adjacent to an activating group) is 1. The van der Waals surface area contributed by atoms with Crippen LogP contribution in [0.1, 0.15) is 18.7 Å². The number of methoxy groups -OCH3 is 1. The summed E-state index contributed by atoms with van der Waals surface area (Å²) < 4.78 is 6.89. The van der Waals surface area contributed by atoms with Crippen molar-refractivity contribution >= 4 is 39.9 Å². The van der Waals surface area contributed by atoms with Crippen molar-refractivity contribution in [1.82, 2.24) is 9.58 Å². The number of para-hydroxylation sites is 1. The molecule has 120 valence electrons. The van der Waals surface area contributed by atoms with Gasteiger partial charge in [0.05, 0.1) is 22.8 Å². The molecule has 6 nitrogen and oxygen atoms in total. The molecular formula is C16H16ClN3O3. The Kier molecular flexibility index (Phi) is 3.95. The maximum absolute atomic E-state index is 12.6. The van der Waals surface area contributed by atoms with Crippen LogP contribution in [-0.2, 0) is 20.9 Å². The molecule has 0 bridgehead atoms. The molecule has 0 N–H and O–H groups in total. The fraction of sp³-hybridized carbons (Fsp3) is 0.312. The van der Waals surface area contributed by atoms with Crippen LogP contribution >= 0.6 is 11.6 Å². The summed E-state index contributed by atoms with van der Waals surface area (Å²) in [6.07, 6.45) is 0. The topological polar surface area (TPSA) is 63.9 Å². The minimum atomic E-state index is -1.01. The van der Waals surface area contributed by atoms with Gasteiger partial charge in [-0.2, -0.15) is 5.10 Å². The third kappa shape index (κ3) is 2.34. The third-order valence-corrected chi connectivity index (χ3v) is 4.36. The first-order valence-corrected chi connectivity index (χ1v) is 7.48. The molecule has 0 spiro atoms. The second-order valence-corrected chi connectivity index (χ2v) is 5.77. The maximum Gasteiger partial charge on any atom is 0.273 e. The van der Waals surface area contributed by atoms with Gasteiger partial charge in [0, 0.05) is 19.5 Å². The fourth-order valence-corrected chi connectivity index (χ4v) is 3.18. The van der Waals surface area contributed by atoms with E-state index in [2.05, 4.69) is 5.10 Å². The number of benzene rings is 1. The van der Waals surface area contributed by atoms with Crippen molar-refractivity contribution in [3.05, 3.63) is 35.0 Å². The molecule has 1 atom stereocenters. The summed E-state index contributed by atoms with van der Waals surface area (Å²) in [7, 11) is 3.08. The average Bonchev–Trinajstić information content (AvgIpc) is 2.80. The molecule has 2 aromatic rings. The second kappa shape index (κ2) is 5.79. The van der Waals surface area contributed by atoms with Crippen LogP contribution in [-0.4, -0.2) is 41.1 Å². The third-order valence-electron chi connectivity index (χ3n) is 3.94. The molecule has 0 aliphatic carbocycles. The molecule has 0 saturated carbocycles. The van der Waals surface area contributed by atoms with Gasteiger partial charge in [-0.25, -0.2) is 5.01 Å². The number of ketones is 1. The normalized spacial score (nSPS) is 18.7. The molecule has 0 radical (unpaired) electrons. The first kappa shape index (κ1) is 15.7. The molecule has 1 aliphatic heterocycles. The minimum Gasteiger partial charge on any atom is -0.378 e. The molecule has 1 aromatic heterocycles. The number of ether oxygens (including phenoxy) is 1. The molecule has 1 amide bonds. The molecule has 1 aromatic carbocycles. The number of carbonyl (C=O) groups is 2. The van der Waals surface area contributed by atoms with Gasteiger partial charge < -0.3 is 9.30 Å². The monoisotopic (exact) mass is 333 g/mol. The van der Waals surface area contributed by atoms with E-state index in [4.69, 9.17) is 16.3 Å². The quantitative estimate of drug-likeness (QED) is 0.810. The number of halogens is 1. The van der Waals surface area contributed by atoms with E-state index in [1.807, 2.05) is 24.3 Å². The zero-order chi connectivity index (χ0) is 16.7. The summed E-state index contributed by atoms with van der Waals surface area (Å²) in [4.78, 5) is 25.2. The molecule has 1 unspecified atom stereocenters. The Morgan fingerprint density at radius 2 is 2.00 bits per heavy atom. The summed E-state index contributed by atoms with van der Waals surface area (Å²) in [6.45, 7) is 1.80. The summed E-state index contributed by atoms with van der Waals surface area (Å²) in [6, 6.07) is 6.38. The van der Waals surface area contributed by atoms with Crippen molar-refractivity contribution in [2.45, 2.75) is 19.6 Å². The van der Waals surface area contributed by atoms with Crippen molar-refractivity contribution in [3.8, 4) is 0 Å². The Bertz CT molecular complexity index is 840. The number of nitrogens with zero attached hydrogens (tertiary/aromatic N) is 3. The molecule has 0 saturated heterocycles. The highest BCUT2D eigenvalue weighted by molar-refractivity contribution is 6.45. The predicted molar refractivity (Wildman–Crippen MR) is 87.6 cm³/mol. The van der Waals surface area contributed by atoms with Crippen LogP contribution < -0.4 is 0 Å². The lowest BCUT2D eigenvalue weighted by Crippen LogP contribution is -2.44. The van der Waals surface area contributed by atoms with Gasteiger partial charge in [-0.15, -0.1) is 0 Å². The highest BCUT2D eigenvalue weighted by Gasteiger charge is 2.39. The van der Waals surface area contributed by atoms with Crippen LogP contribution in [0.25, 0.3) is 10.9 Å².